The second-order valence-electron chi connectivity index (χ2n) is 7.13. The maximum atomic E-state index is 12.8. The van der Waals surface area contributed by atoms with E-state index in [0.29, 0.717) is 12.2 Å². The minimum absolute atomic E-state index is 0.0913. The van der Waals surface area contributed by atoms with Gasteiger partial charge in [-0.2, -0.15) is 0 Å². The van der Waals surface area contributed by atoms with Crippen molar-refractivity contribution in [1.29, 1.82) is 0 Å². The normalized spacial score (nSPS) is 15.6. The van der Waals surface area contributed by atoms with Crippen LogP contribution in [0.15, 0.2) is 53.0 Å². The maximum absolute atomic E-state index is 12.8. The summed E-state index contributed by atoms with van der Waals surface area (Å²) in [5, 5.41) is 4.14. The first-order valence-corrected chi connectivity index (χ1v) is 10.4. The summed E-state index contributed by atoms with van der Waals surface area (Å²) in [5.41, 5.74) is 2.64. The molecule has 3 aromatic rings. The van der Waals surface area contributed by atoms with Crippen LogP contribution in [-0.2, 0) is 0 Å². The summed E-state index contributed by atoms with van der Waals surface area (Å²) in [6, 6.07) is 16.0. The molecule has 1 unspecified atom stereocenters. The predicted octanol–water partition coefficient (Wildman–Crippen LogP) is 4.51. The number of hydrogen-bond donors (Lipinski definition) is 2. The van der Waals surface area contributed by atoms with Crippen molar-refractivity contribution in [3.8, 4) is 5.75 Å². The van der Waals surface area contributed by atoms with Gasteiger partial charge < -0.3 is 15.0 Å². The van der Waals surface area contributed by atoms with Crippen molar-refractivity contribution in [1.82, 2.24) is 15.2 Å². The number of nitrogens with zero attached hydrogens (tertiary/aromatic N) is 1. The molecule has 2 aromatic carbocycles. The molecule has 1 amide bonds. The van der Waals surface area contributed by atoms with Gasteiger partial charge in [0.05, 0.1) is 13.2 Å². The van der Waals surface area contributed by atoms with Gasteiger partial charge in [-0.3, -0.25) is 9.69 Å². The standard InChI is InChI=1S/C22H24BrN3O2/c1-28-21-7-3-2-6-17(21)20(26-10-4-5-11-26)14-24-22(27)19-12-15-8-9-16(23)13-18(15)25-19/h2-3,6-9,12-13,20,25H,4-5,10-11,14H2,1H3,(H,24,27). The van der Waals surface area contributed by atoms with Crippen LogP contribution in [0.5, 0.6) is 5.75 Å². The van der Waals surface area contributed by atoms with Crippen molar-refractivity contribution in [3.63, 3.8) is 0 Å². The van der Waals surface area contributed by atoms with Crippen LogP contribution < -0.4 is 10.1 Å². The minimum atomic E-state index is -0.0913. The molecule has 1 atom stereocenters. The Balaban J connectivity index is 1.54. The largest absolute Gasteiger partial charge is 0.496 e. The Kier molecular flexibility index (Phi) is 5.69. The predicted molar refractivity (Wildman–Crippen MR) is 115 cm³/mol. The number of ether oxygens (including phenoxy) is 1. The van der Waals surface area contributed by atoms with Gasteiger partial charge >= 0.3 is 0 Å². The third-order valence-corrected chi connectivity index (χ3v) is 5.86. The Hall–Kier alpha value is -2.31. The number of fused-ring (bicyclic) bond motifs is 1. The number of aromatic amines is 1. The third-order valence-electron chi connectivity index (χ3n) is 5.36. The van der Waals surface area contributed by atoms with Crippen molar-refractivity contribution in [2.24, 2.45) is 0 Å². The number of H-pyrrole nitrogens is 1. The second-order valence-corrected chi connectivity index (χ2v) is 8.04. The number of carbonyl (C=O) groups excluding carboxylic acids is 1. The third kappa shape index (κ3) is 3.93. The van der Waals surface area contributed by atoms with Crippen LogP contribution in [-0.4, -0.2) is 42.5 Å². The number of carbonyl (C=O) groups is 1. The first-order chi connectivity index (χ1) is 13.7. The Morgan fingerprint density at radius 1 is 1.21 bits per heavy atom. The Bertz CT molecular complexity index is 979. The number of benzene rings is 2. The molecular weight excluding hydrogens is 418 g/mol. The molecule has 146 valence electrons. The molecule has 5 nitrogen and oxygen atoms in total. The van der Waals surface area contributed by atoms with Gasteiger partial charge in [-0.1, -0.05) is 40.2 Å². The van der Waals surface area contributed by atoms with E-state index in [2.05, 4.69) is 37.2 Å². The molecule has 0 saturated carbocycles. The number of methoxy groups -OCH3 is 1. The van der Waals surface area contributed by atoms with E-state index in [-0.39, 0.29) is 11.9 Å². The molecule has 2 N–H and O–H groups in total. The molecule has 0 radical (unpaired) electrons. The molecule has 1 saturated heterocycles. The summed E-state index contributed by atoms with van der Waals surface area (Å²) in [6.45, 7) is 2.62. The highest BCUT2D eigenvalue weighted by molar-refractivity contribution is 9.10. The van der Waals surface area contributed by atoms with Gasteiger partial charge in [0.2, 0.25) is 0 Å². The van der Waals surface area contributed by atoms with Crippen molar-refractivity contribution >= 4 is 32.7 Å². The first-order valence-electron chi connectivity index (χ1n) is 9.59. The van der Waals surface area contributed by atoms with Crippen molar-refractivity contribution in [2.75, 3.05) is 26.7 Å². The lowest BCUT2D eigenvalue weighted by molar-refractivity contribution is 0.0933. The number of rotatable bonds is 6. The number of nitrogens with one attached hydrogen (secondary N) is 2. The molecular formula is C22H24BrN3O2. The lowest BCUT2D eigenvalue weighted by atomic mass is 10.0. The van der Waals surface area contributed by atoms with Crippen LogP contribution in [0.4, 0.5) is 0 Å². The maximum Gasteiger partial charge on any atom is 0.267 e. The summed E-state index contributed by atoms with van der Waals surface area (Å²) in [5.74, 6) is 0.774. The number of likely N-dealkylation sites (tertiary alicyclic amines) is 1. The summed E-state index contributed by atoms with van der Waals surface area (Å²) in [7, 11) is 1.70. The van der Waals surface area contributed by atoms with Gasteiger partial charge in [0.1, 0.15) is 11.4 Å². The molecule has 2 heterocycles. The summed E-state index contributed by atoms with van der Waals surface area (Å²) >= 11 is 3.47. The average Bonchev–Trinajstić information content (AvgIpc) is 3.38. The molecule has 28 heavy (non-hydrogen) atoms. The van der Waals surface area contributed by atoms with Gasteiger partial charge in [-0.25, -0.2) is 0 Å². The highest BCUT2D eigenvalue weighted by atomic mass is 79.9. The first kappa shape index (κ1) is 19.0. The summed E-state index contributed by atoms with van der Waals surface area (Å²) in [6.07, 6.45) is 2.38. The van der Waals surface area contributed by atoms with Gasteiger partial charge in [-0.15, -0.1) is 0 Å². The molecule has 0 spiro atoms. The van der Waals surface area contributed by atoms with Crippen LogP contribution in [0.2, 0.25) is 0 Å². The summed E-state index contributed by atoms with van der Waals surface area (Å²) < 4.78 is 6.56. The van der Waals surface area contributed by atoms with Crippen LogP contribution in [0.3, 0.4) is 0 Å². The number of hydrogen-bond acceptors (Lipinski definition) is 3. The lowest BCUT2D eigenvalue weighted by Gasteiger charge is -2.29. The van der Waals surface area contributed by atoms with Crippen molar-refractivity contribution in [3.05, 3.63) is 64.3 Å². The SMILES string of the molecule is COc1ccccc1C(CNC(=O)c1cc2ccc(Br)cc2[nH]1)N1CCCC1. The zero-order chi connectivity index (χ0) is 19.5. The lowest BCUT2D eigenvalue weighted by Crippen LogP contribution is -2.37. The van der Waals surface area contributed by atoms with E-state index in [0.717, 1.165) is 39.8 Å². The molecule has 1 aliphatic heterocycles. The topological polar surface area (TPSA) is 57.4 Å². The van der Waals surface area contributed by atoms with E-state index in [1.807, 2.05) is 42.5 Å². The fraction of sp³-hybridized carbons (Fsp3) is 0.318. The Morgan fingerprint density at radius 2 is 2.00 bits per heavy atom. The fourth-order valence-electron chi connectivity index (χ4n) is 3.94. The Labute approximate surface area is 173 Å². The van der Waals surface area contributed by atoms with Gasteiger partial charge in [0, 0.05) is 27.5 Å². The van der Waals surface area contributed by atoms with Crippen LogP contribution in [0.25, 0.3) is 10.9 Å². The number of halogens is 1. The van der Waals surface area contributed by atoms with Crippen LogP contribution in [0, 0.1) is 0 Å². The highest BCUT2D eigenvalue weighted by Crippen LogP contribution is 2.31. The molecule has 0 aliphatic carbocycles. The van der Waals surface area contributed by atoms with Crippen LogP contribution in [0.1, 0.15) is 34.9 Å². The van der Waals surface area contributed by atoms with E-state index >= 15 is 0 Å². The highest BCUT2D eigenvalue weighted by Gasteiger charge is 2.26. The van der Waals surface area contributed by atoms with Gasteiger partial charge in [0.25, 0.3) is 5.91 Å². The smallest absolute Gasteiger partial charge is 0.267 e. The minimum Gasteiger partial charge on any atom is -0.496 e. The molecule has 1 fully saturated rings. The number of aromatic nitrogens is 1. The molecule has 0 bridgehead atoms. The number of amides is 1. The van der Waals surface area contributed by atoms with E-state index in [9.17, 15) is 4.79 Å². The van der Waals surface area contributed by atoms with E-state index in [1.165, 1.54) is 12.8 Å². The van der Waals surface area contributed by atoms with Crippen LogP contribution >= 0.6 is 15.9 Å². The number of para-hydroxylation sites is 1. The summed E-state index contributed by atoms with van der Waals surface area (Å²) in [4.78, 5) is 18.4. The molecule has 4 rings (SSSR count). The quantitative estimate of drug-likeness (QED) is 0.591. The van der Waals surface area contributed by atoms with E-state index < -0.39 is 0 Å². The van der Waals surface area contributed by atoms with E-state index in [4.69, 9.17) is 4.74 Å². The molecule has 1 aromatic heterocycles. The average molecular weight is 442 g/mol. The fourth-order valence-corrected chi connectivity index (χ4v) is 4.30. The van der Waals surface area contributed by atoms with Crippen molar-refractivity contribution < 1.29 is 9.53 Å². The van der Waals surface area contributed by atoms with Crippen molar-refractivity contribution in [2.45, 2.75) is 18.9 Å². The zero-order valence-corrected chi connectivity index (χ0v) is 17.5. The molecule has 1 aliphatic rings. The van der Waals surface area contributed by atoms with Gasteiger partial charge in [0.15, 0.2) is 0 Å². The zero-order valence-electron chi connectivity index (χ0n) is 15.9. The second kappa shape index (κ2) is 8.37. The monoisotopic (exact) mass is 441 g/mol. The van der Waals surface area contributed by atoms with E-state index in [1.54, 1.807) is 7.11 Å². The Morgan fingerprint density at radius 3 is 2.79 bits per heavy atom. The molecule has 6 heteroatoms. The van der Waals surface area contributed by atoms with Gasteiger partial charge in [-0.05, 0) is 50.2 Å².